The van der Waals surface area contributed by atoms with Crippen LogP contribution in [0, 0.1) is 6.92 Å². The van der Waals surface area contributed by atoms with Gasteiger partial charge in [-0.3, -0.25) is 0 Å². The quantitative estimate of drug-likeness (QED) is 0.688. The van der Waals surface area contributed by atoms with E-state index in [1.165, 1.54) is 16.7 Å². The van der Waals surface area contributed by atoms with Crippen LogP contribution < -0.4 is 0 Å². The second kappa shape index (κ2) is 3.51. The van der Waals surface area contributed by atoms with Crippen LogP contribution in [0.25, 0.3) is 10.1 Å². The number of thiol groups is 1. The zero-order valence-corrected chi connectivity index (χ0v) is 9.13. The van der Waals surface area contributed by atoms with Crippen LogP contribution in [0.4, 0.5) is 8.78 Å². The fraction of sp³-hybridized carbons (Fsp3) is 0.200. The number of alkyl halides is 2. The summed E-state index contributed by atoms with van der Waals surface area (Å²) >= 11 is 5.57. The molecule has 0 nitrogen and oxygen atoms in total. The Morgan fingerprint density at radius 2 is 2.07 bits per heavy atom. The third kappa shape index (κ3) is 1.53. The maximum absolute atomic E-state index is 12.6. The number of rotatable bonds is 1. The summed E-state index contributed by atoms with van der Waals surface area (Å²) in [5.41, 5.74) is 1.14. The predicted molar refractivity (Wildman–Crippen MR) is 58.8 cm³/mol. The van der Waals surface area contributed by atoms with Gasteiger partial charge in [0, 0.05) is 25.9 Å². The van der Waals surface area contributed by atoms with Crippen LogP contribution in [0.15, 0.2) is 22.4 Å². The van der Waals surface area contributed by atoms with E-state index in [2.05, 4.69) is 12.6 Å². The van der Waals surface area contributed by atoms with Crippen molar-refractivity contribution in [3.05, 3.63) is 28.6 Å². The lowest BCUT2D eigenvalue weighted by Gasteiger charge is -2.01. The van der Waals surface area contributed by atoms with E-state index in [9.17, 15) is 8.78 Å². The van der Waals surface area contributed by atoms with E-state index in [0.717, 1.165) is 10.3 Å². The molecule has 14 heavy (non-hydrogen) atoms. The average Bonchev–Trinajstić information content (AvgIpc) is 2.47. The summed E-state index contributed by atoms with van der Waals surface area (Å²) in [6, 6.07) is 3.72. The smallest absolute Gasteiger partial charge is 0.205 e. The number of aryl methyl sites for hydroxylation is 1. The largest absolute Gasteiger partial charge is 0.265 e. The van der Waals surface area contributed by atoms with Crippen molar-refractivity contribution < 1.29 is 8.78 Å². The van der Waals surface area contributed by atoms with Crippen LogP contribution in [0.1, 0.15) is 17.6 Å². The fourth-order valence-corrected chi connectivity index (χ4v) is 3.07. The molecule has 0 N–H and O–H groups in total. The van der Waals surface area contributed by atoms with Crippen LogP contribution in [0.2, 0.25) is 0 Å². The predicted octanol–water partition coefficient (Wildman–Crippen LogP) is 4.44. The monoisotopic (exact) mass is 230 g/mol. The Morgan fingerprint density at radius 1 is 1.36 bits per heavy atom. The molecule has 0 atom stereocenters. The molecule has 0 bridgehead atoms. The first-order valence-electron chi connectivity index (χ1n) is 4.08. The molecule has 2 rings (SSSR count). The van der Waals surface area contributed by atoms with Gasteiger partial charge in [-0.25, -0.2) is 8.78 Å². The first-order valence-corrected chi connectivity index (χ1v) is 5.41. The molecule has 0 amide bonds. The Hall–Kier alpha value is -0.610. The lowest BCUT2D eigenvalue weighted by atomic mass is 10.1. The van der Waals surface area contributed by atoms with Crippen molar-refractivity contribution in [2.24, 2.45) is 0 Å². The molecule has 0 fully saturated rings. The minimum atomic E-state index is -2.42. The lowest BCUT2D eigenvalue weighted by Crippen LogP contribution is -1.82. The highest BCUT2D eigenvalue weighted by Gasteiger charge is 2.15. The van der Waals surface area contributed by atoms with Gasteiger partial charge >= 0.3 is 0 Å². The standard InChI is InChI=1S/C10H8F2S2/c1-5-2-7(13)9-6(10(11)12)4-14-8(9)3-5/h2-4,10,13H,1H3. The van der Waals surface area contributed by atoms with E-state index in [1.807, 2.05) is 19.1 Å². The highest BCUT2D eigenvalue weighted by atomic mass is 32.1. The average molecular weight is 230 g/mol. The molecule has 1 aromatic heterocycles. The third-order valence-electron chi connectivity index (χ3n) is 2.06. The van der Waals surface area contributed by atoms with Crippen molar-refractivity contribution in [1.29, 1.82) is 0 Å². The van der Waals surface area contributed by atoms with Gasteiger partial charge in [0.1, 0.15) is 0 Å². The maximum atomic E-state index is 12.6. The van der Waals surface area contributed by atoms with E-state index in [0.29, 0.717) is 10.3 Å². The fourth-order valence-electron chi connectivity index (χ4n) is 1.46. The van der Waals surface area contributed by atoms with Crippen molar-refractivity contribution in [1.82, 2.24) is 0 Å². The SMILES string of the molecule is Cc1cc(S)c2c(C(F)F)csc2c1. The van der Waals surface area contributed by atoms with Crippen molar-refractivity contribution in [2.45, 2.75) is 18.2 Å². The normalized spacial score (nSPS) is 11.5. The van der Waals surface area contributed by atoms with Crippen LogP contribution >= 0.6 is 24.0 Å². The maximum Gasteiger partial charge on any atom is 0.265 e. The molecule has 1 heterocycles. The molecule has 0 saturated heterocycles. The van der Waals surface area contributed by atoms with Gasteiger partial charge in [-0.1, -0.05) is 0 Å². The molecule has 0 saturated carbocycles. The van der Waals surface area contributed by atoms with Crippen LogP contribution in [0.3, 0.4) is 0 Å². The van der Waals surface area contributed by atoms with Crippen LogP contribution in [-0.2, 0) is 0 Å². The van der Waals surface area contributed by atoms with Gasteiger partial charge in [0.15, 0.2) is 0 Å². The first-order chi connectivity index (χ1) is 6.59. The number of thiophene rings is 1. The summed E-state index contributed by atoms with van der Waals surface area (Å²) in [4.78, 5) is 0.636. The number of fused-ring (bicyclic) bond motifs is 1. The third-order valence-corrected chi connectivity index (χ3v) is 3.36. The second-order valence-corrected chi connectivity index (χ2v) is 4.54. The zero-order valence-electron chi connectivity index (χ0n) is 7.42. The molecule has 74 valence electrons. The zero-order chi connectivity index (χ0) is 10.3. The van der Waals surface area contributed by atoms with E-state index < -0.39 is 6.43 Å². The highest BCUT2D eigenvalue weighted by molar-refractivity contribution is 7.80. The van der Waals surface area contributed by atoms with Crippen molar-refractivity contribution in [3.8, 4) is 0 Å². The minimum absolute atomic E-state index is 0.0926. The van der Waals surface area contributed by atoms with Gasteiger partial charge in [-0.15, -0.1) is 24.0 Å². The lowest BCUT2D eigenvalue weighted by molar-refractivity contribution is 0.153. The molecule has 0 spiro atoms. The van der Waals surface area contributed by atoms with Crippen LogP contribution in [-0.4, -0.2) is 0 Å². The number of hydrogen-bond acceptors (Lipinski definition) is 2. The van der Waals surface area contributed by atoms with Gasteiger partial charge in [-0.05, 0) is 24.6 Å². The van der Waals surface area contributed by atoms with E-state index in [4.69, 9.17) is 0 Å². The van der Waals surface area contributed by atoms with Crippen molar-refractivity contribution in [2.75, 3.05) is 0 Å². The van der Waals surface area contributed by atoms with Gasteiger partial charge in [0.25, 0.3) is 6.43 Å². The summed E-state index contributed by atoms with van der Waals surface area (Å²) in [6.07, 6.45) is -2.42. The van der Waals surface area contributed by atoms with Gasteiger partial charge in [0.05, 0.1) is 0 Å². The minimum Gasteiger partial charge on any atom is -0.205 e. The first kappa shape index (κ1) is 9.93. The summed E-state index contributed by atoms with van der Waals surface area (Å²) in [5.74, 6) is 0. The summed E-state index contributed by atoms with van der Waals surface area (Å²) in [5, 5.41) is 2.10. The van der Waals surface area contributed by atoms with Gasteiger partial charge in [-0.2, -0.15) is 0 Å². The Balaban J connectivity index is 2.79. The Morgan fingerprint density at radius 3 is 2.71 bits per heavy atom. The topological polar surface area (TPSA) is 0 Å². The molecular formula is C10H8F2S2. The molecule has 0 radical (unpaired) electrons. The molecule has 0 aliphatic rings. The van der Waals surface area contributed by atoms with Crippen molar-refractivity contribution >= 4 is 34.1 Å². The molecule has 2 aromatic rings. The van der Waals surface area contributed by atoms with Gasteiger partial charge < -0.3 is 0 Å². The molecule has 0 aliphatic heterocycles. The summed E-state index contributed by atoms with van der Waals surface area (Å²) in [6.45, 7) is 1.93. The molecule has 0 aliphatic carbocycles. The number of hydrogen-bond donors (Lipinski definition) is 1. The van der Waals surface area contributed by atoms with Crippen molar-refractivity contribution in [3.63, 3.8) is 0 Å². The Kier molecular flexibility index (Phi) is 2.49. The molecule has 1 aromatic carbocycles. The molecular weight excluding hydrogens is 222 g/mol. The van der Waals surface area contributed by atoms with Gasteiger partial charge in [0.2, 0.25) is 0 Å². The number of benzene rings is 1. The second-order valence-electron chi connectivity index (χ2n) is 3.15. The van der Waals surface area contributed by atoms with E-state index >= 15 is 0 Å². The van der Waals surface area contributed by atoms with E-state index in [-0.39, 0.29) is 5.56 Å². The summed E-state index contributed by atoms with van der Waals surface area (Å²) in [7, 11) is 0. The Bertz CT molecular complexity index is 474. The van der Waals surface area contributed by atoms with Crippen LogP contribution in [0.5, 0.6) is 0 Å². The highest BCUT2D eigenvalue weighted by Crippen LogP contribution is 2.37. The van der Waals surface area contributed by atoms with E-state index in [1.54, 1.807) is 0 Å². The Labute approximate surface area is 90.0 Å². The molecule has 0 unspecified atom stereocenters. The summed E-state index contributed by atoms with van der Waals surface area (Å²) < 4.78 is 26.0. The molecule has 4 heteroatoms. The number of halogens is 2.